The first-order valence-corrected chi connectivity index (χ1v) is 8.84. The highest BCUT2D eigenvalue weighted by atomic mass is 35.5. The fourth-order valence-electron chi connectivity index (χ4n) is 2.73. The second-order valence-corrected chi connectivity index (χ2v) is 6.58. The van der Waals surface area contributed by atoms with Crippen molar-refractivity contribution < 1.29 is 9.18 Å². The van der Waals surface area contributed by atoms with Crippen molar-refractivity contribution in [1.82, 2.24) is 9.78 Å². The van der Waals surface area contributed by atoms with Crippen LogP contribution in [-0.2, 0) is 11.3 Å². The highest BCUT2D eigenvalue weighted by Crippen LogP contribution is 2.22. The molecule has 4 nitrogen and oxygen atoms in total. The van der Waals surface area contributed by atoms with Gasteiger partial charge in [0.2, 0.25) is 5.91 Å². The van der Waals surface area contributed by atoms with Crippen LogP contribution in [0.3, 0.4) is 0 Å². The average Bonchev–Trinajstić information content (AvgIpc) is 2.90. The van der Waals surface area contributed by atoms with E-state index in [-0.39, 0.29) is 11.7 Å². The highest BCUT2D eigenvalue weighted by molar-refractivity contribution is 6.31. The van der Waals surface area contributed by atoms with Gasteiger partial charge in [0.1, 0.15) is 5.82 Å². The van der Waals surface area contributed by atoms with Gasteiger partial charge in [0, 0.05) is 11.1 Å². The minimum atomic E-state index is -0.311. The third kappa shape index (κ3) is 4.63. The number of hydrogen-bond donors (Lipinski definition) is 1. The molecular formula is C21H19ClFN3O. The fraction of sp³-hybridized carbons (Fsp3) is 0.143. The molecule has 0 fully saturated rings. The Kier molecular flexibility index (Phi) is 5.72. The molecule has 1 amide bonds. The summed E-state index contributed by atoms with van der Waals surface area (Å²) in [5.41, 5.74) is 3.95. The summed E-state index contributed by atoms with van der Waals surface area (Å²) in [5, 5.41) is 8.05. The van der Waals surface area contributed by atoms with Crippen LogP contribution in [0.15, 0.2) is 54.6 Å². The number of nitrogens with one attached hydrogen (secondary N) is 1. The van der Waals surface area contributed by atoms with Crippen LogP contribution in [0.5, 0.6) is 0 Å². The number of aromatic nitrogens is 2. The number of rotatable bonds is 5. The van der Waals surface area contributed by atoms with E-state index in [1.54, 1.807) is 18.2 Å². The number of benzene rings is 2. The molecular weight excluding hydrogens is 365 g/mol. The number of halogens is 2. The van der Waals surface area contributed by atoms with Gasteiger partial charge >= 0.3 is 0 Å². The summed E-state index contributed by atoms with van der Waals surface area (Å²) in [6.45, 7) is 4.26. The summed E-state index contributed by atoms with van der Waals surface area (Å²) < 4.78 is 14.7. The van der Waals surface area contributed by atoms with Gasteiger partial charge in [-0.1, -0.05) is 41.9 Å². The van der Waals surface area contributed by atoms with Gasteiger partial charge in [-0.2, -0.15) is 5.10 Å². The minimum Gasteiger partial charge on any atom is -0.319 e. The van der Waals surface area contributed by atoms with E-state index in [0.29, 0.717) is 17.3 Å². The molecule has 0 aliphatic carbocycles. The molecule has 1 heterocycles. The van der Waals surface area contributed by atoms with Gasteiger partial charge in [0.25, 0.3) is 0 Å². The maximum absolute atomic E-state index is 12.9. The lowest BCUT2D eigenvalue weighted by Gasteiger charge is -2.07. The first-order valence-electron chi connectivity index (χ1n) is 8.46. The normalized spacial score (nSPS) is 11.1. The molecule has 138 valence electrons. The Morgan fingerprint density at radius 3 is 2.59 bits per heavy atom. The zero-order chi connectivity index (χ0) is 19.4. The van der Waals surface area contributed by atoms with Gasteiger partial charge in [0.15, 0.2) is 0 Å². The van der Waals surface area contributed by atoms with E-state index in [1.807, 2.05) is 42.8 Å². The summed E-state index contributed by atoms with van der Waals surface area (Å²) in [4.78, 5) is 12.2. The van der Waals surface area contributed by atoms with Crippen molar-refractivity contribution in [1.29, 1.82) is 0 Å². The molecule has 0 atom stereocenters. The molecule has 0 saturated heterocycles. The molecule has 0 bridgehead atoms. The molecule has 1 N–H and O–H groups in total. The van der Waals surface area contributed by atoms with Gasteiger partial charge in [-0.3, -0.25) is 9.48 Å². The molecule has 0 radical (unpaired) electrons. The Morgan fingerprint density at radius 1 is 1.19 bits per heavy atom. The SMILES string of the molecule is Cc1nn(Cc2ccccc2Cl)c(C)c1NC(=O)/C=C/c1ccc(F)cc1. The summed E-state index contributed by atoms with van der Waals surface area (Å²) in [5.74, 6) is -0.586. The number of amides is 1. The molecule has 1 aromatic heterocycles. The van der Waals surface area contributed by atoms with E-state index >= 15 is 0 Å². The fourth-order valence-corrected chi connectivity index (χ4v) is 2.93. The third-order valence-corrected chi connectivity index (χ3v) is 4.57. The molecule has 0 aliphatic heterocycles. The maximum atomic E-state index is 12.9. The van der Waals surface area contributed by atoms with Crippen LogP contribution >= 0.6 is 11.6 Å². The zero-order valence-electron chi connectivity index (χ0n) is 15.0. The van der Waals surface area contributed by atoms with Crippen molar-refractivity contribution in [2.24, 2.45) is 0 Å². The van der Waals surface area contributed by atoms with E-state index in [9.17, 15) is 9.18 Å². The van der Waals surface area contributed by atoms with Crippen molar-refractivity contribution in [3.05, 3.63) is 88.0 Å². The summed E-state index contributed by atoms with van der Waals surface area (Å²) in [6, 6.07) is 13.5. The average molecular weight is 384 g/mol. The Balaban J connectivity index is 1.73. The van der Waals surface area contributed by atoms with Crippen molar-refractivity contribution in [2.45, 2.75) is 20.4 Å². The predicted octanol–water partition coefficient (Wildman–Crippen LogP) is 4.99. The van der Waals surface area contributed by atoms with Crippen molar-refractivity contribution in [3.63, 3.8) is 0 Å². The zero-order valence-corrected chi connectivity index (χ0v) is 15.8. The van der Waals surface area contributed by atoms with E-state index in [2.05, 4.69) is 10.4 Å². The quantitative estimate of drug-likeness (QED) is 0.631. The van der Waals surface area contributed by atoms with E-state index < -0.39 is 0 Å². The van der Waals surface area contributed by atoms with Gasteiger partial charge in [-0.15, -0.1) is 0 Å². The summed E-state index contributed by atoms with van der Waals surface area (Å²) in [6.07, 6.45) is 3.05. The largest absolute Gasteiger partial charge is 0.319 e. The Morgan fingerprint density at radius 2 is 1.89 bits per heavy atom. The van der Waals surface area contributed by atoms with Crippen LogP contribution < -0.4 is 5.32 Å². The smallest absolute Gasteiger partial charge is 0.248 e. The van der Waals surface area contributed by atoms with Gasteiger partial charge in [0.05, 0.1) is 23.6 Å². The van der Waals surface area contributed by atoms with Crippen LogP contribution in [0.1, 0.15) is 22.5 Å². The van der Waals surface area contributed by atoms with Gasteiger partial charge in [-0.05, 0) is 49.2 Å². The first kappa shape index (κ1) is 18.9. The van der Waals surface area contributed by atoms with Crippen LogP contribution in [0, 0.1) is 19.7 Å². The Hall–Kier alpha value is -2.92. The minimum absolute atomic E-state index is 0.275. The highest BCUT2D eigenvalue weighted by Gasteiger charge is 2.14. The monoisotopic (exact) mass is 383 g/mol. The number of anilines is 1. The second kappa shape index (κ2) is 8.18. The van der Waals surface area contributed by atoms with Crippen molar-refractivity contribution in [2.75, 3.05) is 5.32 Å². The number of aryl methyl sites for hydroxylation is 1. The predicted molar refractivity (Wildman–Crippen MR) is 106 cm³/mol. The standard InChI is InChI=1S/C21H19ClFN3O/c1-14-21(24-20(27)12-9-16-7-10-18(23)11-8-16)15(2)26(25-14)13-17-5-3-4-6-19(17)22/h3-12H,13H2,1-2H3,(H,24,27)/b12-9+. The lowest BCUT2D eigenvalue weighted by Crippen LogP contribution is -2.10. The molecule has 3 rings (SSSR count). The summed E-state index contributed by atoms with van der Waals surface area (Å²) >= 11 is 6.22. The number of nitrogens with zero attached hydrogens (tertiary/aromatic N) is 2. The molecule has 2 aromatic carbocycles. The molecule has 0 saturated carbocycles. The van der Waals surface area contributed by atoms with Gasteiger partial charge in [-0.25, -0.2) is 4.39 Å². The van der Waals surface area contributed by atoms with Gasteiger partial charge < -0.3 is 5.32 Å². The lowest BCUT2D eigenvalue weighted by atomic mass is 10.2. The molecule has 27 heavy (non-hydrogen) atoms. The molecule has 3 aromatic rings. The van der Waals surface area contributed by atoms with Crippen LogP contribution in [0.4, 0.5) is 10.1 Å². The van der Waals surface area contributed by atoms with Crippen LogP contribution in [0.2, 0.25) is 5.02 Å². The molecule has 6 heteroatoms. The van der Waals surface area contributed by atoms with Crippen LogP contribution in [0.25, 0.3) is 6.08 Å². The summed E-state index contributed by atoms with van der Waals surface area (Å²) in [7, 11) is 0. The first-order chi connectivity index (χ1) is 12.9. The molecule has 0 spiro atoms. The topological polar surface area (TPSA) is 46.9 Å². The van der Waals surface area contributed by atoms with E-state index in [4.69, 9.17) is 11.6 Å². The lowest BCUT2D eigenvalue weighted by molar-refractivity contribution is -0.111. The van der Waals surface area contributed by atoms with Crippen molar-refractivity contribution >= 4 is 29.3 Å². The third-order valence-electron chi connectivity index (χ3n) is 4.20. The second-order valence-electron chi connectivity index (χ2n) is 6.17. The van der Waals surface area contributed by atoms with Crippen LogP contribution in [-0.4, -0.2) is 15.7 Å². The maximum Gasteiger partial charge on any atom is 0.248 e. The molecule has 0 unspecified atom stereocenters. The van der Waals surface area contributed by atoms with Crippen molar-refractivity contribution in [3.8, 4) is 0 Å². The number of carbonyl (C=O) groups is 1. The van der Waals surface area contributed by atoms with E-state index in [1.165, 1.54) is 18.2 Å². The van der Waals surface area contributed by atoms with E-state index in [0.717, 1.165) is 22.5 Å². The number of carbonyl (C=O) groups excluding carboxylic acids is 1. The number of hydrogen-bond acceptors (Lipinski definition) is 2. The molecule has 0 aliphatic rings. The Bertz CT molecular complexity index is 993. The Labute approximate surface area is 162 Å².